The maximum atomic E-state index is 10.9. The molecule has 4 nitrogen and oxygen atoms in total. The standard InChI is InChI=1S/C5H8N2O2S/c1-2-7-4(8)3-10-5(7)6-9/h9H,2-3H2,1H3/b6-5+. The molecule has 1 amide bonds. The molecule has 1 N–H and O–H groups in total. The van der Waals surface area contributed by atoms with Crippen molar-refractivity contribution in [3.05, 3.63) is 0 Å². The van der Waals surface area contributed by atoms with Crippen LogP contribution >= 0.6 is 11.8 Å². The molecule has 0 atom stereocenters. The fraction of sp³-hybridized carbons (Fsp3) is 0.600. The summed E-state index contributed by atoms with van der Waals surface area (Å²) < 4.78 is 0. The first-order chi connectivity index (χ1) is 4.79. The Bertz CT molecular complexity index is 180. The van der Waals surface area contributed by atoms with Gasteiger partial charge in [-0.25, -0.2) is 0 Å². The molecule has 0 bridgehead atoms. The summed E-state index contributed by atoms with van der Waals surface area (Å²) in [6, 6.07) is 0. The van der Waals surface area contributed by atoms with E-state index in [2.05, 4.69) is 5.16 Å². The van der Waals surface area contributed by atoms with E-state index in [-0.39, 0.29) is 5.91 Å². The number of amides is 1. The Morgan fingerprint density at radius 2 is 2.60 bits per heavy atom. The molecule has 10 heavy (non-hydrogen) atoms. The van der Waals surface area contributed by atoms with E-state index in [1.165, 1.54) is 16.7 Å². The molecule has 0 aliphatic carbocycles. The van der Waals surface area contributed by atoms with Crippen LogP contribution in [0.3, 0.4) is 0 Å². The van der Waals surface area contributed by atoms with Gasteiger partial charge >= 0.3 is 0 Å². The topological polar surface area (TPSA) is 52.9 Å². The Kier molecular flexibility index (Phi) is 2.16. The molecule has 0 aromatic rings. The fourth-order valence-corrected chi connectivity index (χ4v) is 1.64. The molecule has 0 aromatic heterocycles. The Hall–Kier alpha value is -0.710. The fourth-order valence-electron chi connectivity index (χ4n) is 0.783. The lowest BCUT2D eigenvalue weighted by molar-refractivity contribution is -0.124. The number of hydrogen-bond acceptors (Lipinski definition) is 4. The van der Waals surface area contributed by atoms with Gasteiger partial charge in [-0.2, -0.15) is 0 Å². The van der Waals surface area contributed by atoms with E-state index in [1.807, 2.05) is 6.92 Å². The Morgan fingerprint density at radius 3 is 3.00 bits per heavy atom. The van der Waals surface area contributed by atoms with Gasteiger partial charge in [0.25, 0.3) is 0 Å². The number of rotatable bonds is 1. The zero-order valence-electron chi connectivity index (χ0n) is 5.57. The summed E-state index contributed by atoms with van der Waals surface area (Å²) in [5, 5.41) is 11.7. The number of carbonyl (C=O) groups is 1. The molecule has 0 aromatic carbocycles. The average Bonchev–Trinajstić information content (AvgIpc) is 2.30. The number of thioether (sulfide) groups is 1. The van der Waals surface area contributed by atoms with Crippen molar-refractivity contribution in [1.29, 1.82) is 0 Å². The summed E-state index contributed by atoms with van der Waals surface area (Å²) in [4.78, 5) is 12.3. The van der Waals surface area contributed by atoms with Crippen molar-refractivity contribution in [1.82, 2.24) is 4.90 Å². The molecule has 5 heteroatoms. The van der Waals surface area contributed by atoms with Crippen LogP contribution in [-0.2, 0) is 4.79 Å². The van der Waals surface area contributed by atoms with Crippen LogP contribution in [0.2, 0.25) is 0 Å². The van der Waals surface area contributed by atoms with Crippen molar-refractivity contribution in [2.24, 2.45) is 5.16 Å². The van der Waals surface area contributed by atoms with Crippen molar-refractivity contribution in [2.75, 3.05) is 12.3 Å². The number of carbonyl (C=O) groups excluding carboxylic acids is 1. The van der Waals surface area contributed by atoms with Crippen LogP contribution in [0.4, 0.5) is 0 Å². The smallest absolute Gasteiger partial charge is 0.239 e. The SMILES string of the molecule is CCN1C(=O)CS/C1=N/O. The van der Waals surface area contributed by atoms with E-state index in [0.717, 1.165) is 0 Å². The van der Waals surface area contributed by atoms with Crippen molar-refractivity contribution >= 4 is 22.8 Å². The molecule has 0 spiro atoms. The quantitative estimate of drug-likeness (QED) is 0.444. The van der Waals surface area contributed by atoms with Gasteiger partial charge in [-0.15, -0.1) is 0 Å². The number of oxime groups is 1. The molecular weight excluding hydrogens is 152 g/mol. The first-order valence-corrected chi connectivity index (χ1v) is 3.93. The number of amidine groups is 1. The van der Waals surface area contributed by atoms with E-state index in [0.29, 0.717) is 17.5 Å². The third-order valence-corrected chi connectivity index (χ3v) is 2.21. The predicted molar refractivity (Wildman–Crippen MR) is 39.1 cm³/mol. The van der Waals surface area contributed by atoms with E-state index < -0.39 is 0 Å². The molecule has 1 aliphatic rings. The number of nitrogens with zero attached hydrogens (tertiary/aromatic N) is 2. The first-order valence-electron chi connectivity index (χ1n) is 2.94. The Balaban J connectivity index is 2.72. The maximum absolute atomic E-state index is 10.9. The van der Waals surface area contributed by atoms with Crippen LogP contribution in [0.25, 0.3) is 0 Å². The first kappa shape index (κ1) is 7.40. The van der Waals surface area contributed by atoms with Crippen molar-refractivity contribution < 1.29 is 10.0 Å². The summed E-state index contributed by atoms with van der Waals surface area (Å²) >= 11 is 1.26. The minimum Gasteiger partial charge on any atom is -0.409 e. The molecule has 56 valence electrons. The highest BCUT2D eigenvalue weighted by atomic mass is 32.2. The van der Waals surface area contributed by atoms with Gasteiger partial charge in [-0.05, 0) is 6.92 Å². The van der Waals surface area contributed by atoms with Gasteiger partial charge in [0.15, 0.2) is 0 Å². The van der Waals surface area contributed by atoms with E-state index in [4.69, 9.17) is 5.21 Å². The minimum atomic E-state index is 0.0142. The van der Waals surface area contributed by atoms with Crippen LogP contribution < -0.4 is 0 Å². The Labute approximate surface area is 62.9 Å². The average molecular weight is 160 g/mol. The van der Waals surface area contributed by atoms with E-state index >= 15 is 0 Å². The lowest BCUT2D eigenvalue weighted by atomic mass is 10.5. The molecule has 1 saturated heterocycles. The van der Waals surface area contributed by atoms with E-state index in [9.17, 15) is 4.79 Å². The molecule has 1 aliphatic heterocycles. The summed E-state index contributed by atoms with van der Waals surface area (Å²) in [6.45, 7) is 2.42. The van der Waals surface area contributed by atoms with E-state index in [1.54, 1.807) is 0 Å². The molecule has 0 unspecified atom stereocenters. The zero-order chi connectivity index (χ0) is 7.56. The van der Waals surface area contributed by atoms with Crippen LogP contribution in [0.1, 0.15) is 6.92 Å². The molecule has 1 heterocycles. The van der Waals surface area contributed by atoms with Gasteiger partial charge < -0.3 is 5.21 Å². The third kappa shape index (κ3) is 1.09. The van der Waals surface area contributed by atoms with Gasteiger partial charge in [0.05, 0.1) is 5.75 Å². The maximum Gasteiger partial charge on any atom is 0.239 e. The van der Waals surface area contributed by atoms with Crippen molar-refractivity contribution in [3.8, 4) is 0 Å². The second kappa shape index (κ2) is 2.92. The zero-order valence-corrected chi connectivity index (χ0v) is 6.39. The second-order valence-electron chi connectivity index (χ2n) is 1.81. The monoisotopic (exact) mass is 160 g/mol. The number of hydrogen-bond donors (Lipinski definition) is 1. The van der Waals surface area contributed by atoms with Crippen LogP contribution in [0, 0.1) is 0 Å². The van der Waals surface area contributed by atoms with Crippen LogP contribution in [0.15, 0.2) is 5.16 Å². The van der Waals surface area contributed by atoms with Gasteiger partial charge in [-0.1, -0.05) is 16.9 Å². The highest BCUT2D eigenvalue weighted by Gasteiger charge is 2.26. The van der Waals surface area contributed by atoms with Gasteiger partial charge in [0.2, 0.25) is 11.1 Å². The second-order valence-corrected chi connectivity index (χ2v) is 2.75. The van der Waals surface area contributed by atoms with Gasteiger partial charge in [0, 0.05) is 6.54 Å². The largest absolute Gasteiger partial charge is 0.409 e. The van der Waals surface area contributed by atoms with Crippen LogP contribution in [-0.4, -0.2) is 33.5 Å². The summed E-state index contributed by atoms with van der Waals surface area (Å²) in [5.41, 5.74) is 0. The summed E-state index contributed by atoms with van der Waals surface area (Å²) in [5.74, 6) is 0.410. The minimum absolute atomic E-state index is 0.0142. The lowest BCUT2D eigenvalue weighted by Gasteiger charge is -2.09. The molecular formula is C5H8N2O2S. The third-order valence-electron chi connectivity index (χ3n) is 1.26. The van der Waals surface area contributed by atoms with Crippen molar-refractivity contribution in [3.63, 3.8) is 0 Å². The molecule has 1 rings (SSSR count). The van der Waals surface area contributed by atoms with Crippen molar-refractivity contribution in [2.45, 2.75) is 6.92 Å². The molecule has 1 fully saturated rings. The van der Waals surface area contributed by atoms with Crippen LogP contribution in [0.5, 0.6) is 0 Å². The molecule has 0 radical (unpaired) electrons. The lowest BCUT2D eigenvalue weighted by Crippen LogP contribution is -2.28. The highest BCUT2D eigenvalue weighted by molar-refractivity contribution is 8.15. The highest BCUT2D eigenvalue weighted by Crippen LogP contribution is 2.17. The normalized spacial score (nSPS) is 22.7. The van der Waals surface area contributed by atoms with Gasteiger partial charge in [0.1, 0.15) is 0 Å². The summed E-state index contributed by atoms with van der Waals surface area (Å²) in [7, 11) is 0. The predicted octanol–water partition coefficient (Wildman–Crippen LogP) is 0.327. The van der Waals surface area contributed by atoms with Gasteiger partial charge in [-0.3, -0.25) is 9.69 Å². The molecule has 0 saturated carbocycles. The Morgan fingerprint density at radius 1 is 1.90 bits per heavy atom. The summed E-state index contributed by atoms with van der Waals surface area (Å²) in [6.07, 6.45) is 0.